The number of allylic oxidation sites excluding steroid dienone is 4. The molecule has 1 aromatic rings. The lowest BCUT2D eigenvalue weighted by molar-refractivity contribution is -0.750. The molecular weight excluding hydrogens is 324 g/mol. The number of ether oxygens (including phenoxy) is 1. The maximum atomic E-state index is 6.72. The number of rotatable bonds is 6. The Morgan fingerprint density at radius 2 is 2.12 bits per heavy atom. The van der Waals surface area contributed by atoms with Crippen molar-refractivity contribution in [3.05, 3.63) is 77.4 Å². The summed E-state index contributed by atoms with van der Waals surface area (Å²) in [5.74, 6) is 8.94. The standard InChI is InChI=1S/C21H23N4O/c1-15(2)9-12-26-18-8-4-7-17(13-18)21-24-20(16-5-3-6-16)19-14-23-10-11-25(19,21)22/h3-8,10-11,13-15H,9,12,22H2,1-2H3/q+1. The Hall–Kier alpha value is -2.76. The molecule has 0 fully saturated rings. The molecule has 2 heterocycles. The average Bonchev–Trinajstić information content (AvgIpc) is 2.86. The van der Waals surface area contributed by atoms with E-state index in [4.69, 9.17) is 15.6 Å². The summed E-state index contributed by atoms with van der Waals surface area (Å²) in [6.07, 6.45) is 12.5. The molecule has 5 heteroatoms. The van der Waals surface area contributed by atoms with E-state index in [0.29, 0.717) is 12.5 Å². The summed E-state index contributed by atoms with van der Waals surface area (Å²) >= 11 is 0. The fourth-order valence-corrected chi connectivity index (χ4v) is 3.08. The predicted octanol–water partition coefficient (Wildman–Crippen LogP) is 3.83. The lowest BCUT2D eigenvalue weighted by atomic mass is 10.0. The first-order valence-corrected chi connectivity index (χ1v) is 8.92. The van der Waals surface area contributed by atoms with Gasteiger partial charge in [0.25, 0.3) is 5.84 Å². The number of hydrogen-bond acceptors (Lipinski definition) is 4. The Morgan fingerprint density at radius 3 is 2.85 bits per heavy atom. The van der Waals surface area contributed by atoms with Crippen LogP contribution in [0.5, 0.6) is 5.75 Å². The maximum absolute atomic E-state index is 6.72. The molecule has 5 nitrogen and oxygen atoms in total. The van der Waals surface area contributed by atoms with E-state index in [-0.39, 0.29) is 4.59 Å². The molecule has 0 saturated carbocycles. The molecule has 2 N–H and O–H groups in total. The van der Waals surface area contributed by atoms with Crippen molar-refractivity contribution in [3.8, 4) is 5.75 Å². The second-order valence-electron chi connectivity index (χ2n) is 7.06. The van der Waals surface area contributed by atoms with Crippen molar-refractivity contribution >= 4 is 12.1 Å². The monoisotopic (exact) mass is 347 g/mol. The molecule has 0 spiro atoms. The third-order valence-electron chi connectivity index (χ3n) is 4.68. The summed E-state index contributed by atoms with van der Waals surface area (Å²) < 4.78 is 5.94. The van der Waals surface area contributed by atoms with E-state index in [1.807, 2.05) is 48.7 Å². The van der Waals surface area contributed by atoms with Crippen molar-refractivity contribution in [2.24, 2.45) is 21.7 Å². The number of quaternary nitrogens is 1. The van der Waals surface area contributed by atoms with E-state index in [1.165, 1.54) is 0 Å². The molecule has 0 radical (unpaired) electrons. The molecule has 1 aromatic carbocycles. The first-order chi connectivity index (χ1) is 12.6. The minimum absolute atomic E-state index is 0.0272. The van der Waals surface area contributed by atoms with Gasteiger partial charge >= 0.3 is 0 Å². The quantitative estimate of drug-likeness (QED) is 0.628. The minimum atomic E-state index is 0.0272. The molecule has 0 aromatic heterocycles. The zero-order valence-corrected chi connectivity index (χ0v) is 15.1. The Kier molecular flexibility index (Phi) is 4.18. The topological polar surface area (TPSA) is 60.0 Å². The van der Waals surface area contributed by atoms with Gasteiger partial charge in [0.2, 0.25) is 5.70 Å². The molecule has 4 rings (SSSR count). The summed E-state index contributed by atoms with van der Waals surface area (Å²) in [4.78, 5) is 9.12. The largest absolute Gasteiger partial charge is 0.494 e. The van der Waals surface area contributed by atoms with Gasteiger partial charge in [-0.2, -0.15) is 10.8 Å². The maximum Gasteiger partial charge on any atom is 0.265 e. The van der Waals surface area contributed by atoms with Gasteiger partial charge in [-0.3, -0.25) is 4.99 Å². The van der Waals surface area contributed by atoms with E-state index in [1.54, 1.807) is 12.4 Å². The highest BCUT2D eigenvalue weighted by Crippen LogP contribution is 2.36. The van der Waals surface area contributed by atoms with Crippen LogP contribution in [0.1, 0.15) is 25.8 Å². The second kappa shape index (κ2) is 6.52. The molecule has 3 aliphatic rings. The van der Waals surface area contributed by atoms with Gasteiger partial charge < -0.3 is 4.74 Å². The zero-order chi connectivity index (χ0) is 18.1. The molecule has 2 aliphatic heterocycles. The van der Waals surface area contributed by atoms with Crippen molar-refractivity contribution in [2.75, 3.05) is 6.61 Å². The third kappa shape index (κ3) is 2.85. The second-order valence-corrected chi connectivity index (χ2v) is 7.06. The predicted molar refractivity (Wildman–Crippen MR) is 104 cm³/mol. The molecule has 1 atom stereocenters. The van der Waals surface area contributed by atoms with Gasteiger partial charge in [0.15, 0.2) is 0 Å². The van der Waals surface area contributed by atoms with Gasteiger partial charge in [0.05, 0.1) is 24.6 Å². The number of fused-ring (bicyclic) bond motifs is 1. The smallest absolute Gasteiger partial charge is 0.265 e. The highest BCUT2D eigenvalue weighted by atomic mass is 16.5. The first-order valence-electron chi connectivity index (χ1n) is 8.92. The van der Waals surface area contributed by atoms with Crippen LogP contribution >= 0.6 is 0 Å². The summed E-state index contributed by atoms with van der Waals surface area (Å²) in [5, 5.41) is 0. The molecule has 26 heavy (non-hydrogen) atoms. The number of nitrogens with zero attached hydrogens (tertiary/aromatic N) is 3. The Labute approximate surface area is 153 Å². The van der Waals surface area contributed by atoms with E-state index in [2.05, 4.69) is 18.8 Å². The molecule has 132 valence electrons. The van der Waals surface area contributed by atoms with Gasteiger partial charge in [-0.1, -0.05) is 38.1 Å². The molecular formula is C21H23N4O+. The van der Waals surface area contributed by atoms with Crippen LogP contribution in [0.15, 0.2) is 81.8 Å². The number of amidine groups is 1. The van der Waals surface area contributed by atoms with Crippen LogP contribution in [0.3, 0.4) is 0 Å². The van der Waals surface area contributed by atoms with Crippen molar-refractivity contribution in [3.63, 3.8) is 0 Å². The van der Waals surface area contributed by atoms with Crippen molar-refractivity contribution in [1.29, 1.82) is 0 Å². The lowest BCUT2D eigenvalue weighted by Crippen LogP contribution is -2.53. The van der Waals surface area contributed by atoms with Crippen molar-refractivity contribution in [1.82, 2.24) is 0 Å². The molecule has 1 aliphatic carbocycles. The van der Waals surface area contributed by atoms with E-state index < -0.39 is 0 Å². The van der Waals surface area contributed by atoms with Gasteiger partial charge in [-0.15, -0.1) is 4.59 Å². The Bertz CT molecular complexity index is 918. The SMILES string of the molecule is CC(C)CCOc1cccc(C2=NC(C3=CC=C3)=C3C=NC=C[N+]23N)c1. The third-order valence-corrected chi connectivity index (χ3v) is 4.68. The van der Waals surface area contributed by atoms with Crippen molar-refractivity contribution in [2.45, 2.75) is 20.3 Å². The number of aliphatic imine (C=N–C) groups is 2. The highest BCUT2D eigenvalue weighted by Gasteiger charge is 2.44. The number of hydrogen-bond donors (Lipinski definition) is 1. The summed E-state index contributed by atoms with van der Waals surface area (Å²) in [6.45, 7) is 5.09. The van der Waals surface area contributed by atoms with Crippen LogP contribution < -0.4 is 10.6 Å². The van der Waals surface area contributed by atoms with Gasteiger partial charge in [-0.25, -0.2) is 0 Å². The van der Waals surface area contributed by atoms with E-state index in [0.717, 1.165) is 40.5 Å². The van der Waals surface area contributed by atoms with Crippen LogP contribution in [0.4, 0.5) is 0 Å². The summed E-state index contributed by atoms with van der Waals surface area (Å²) in [7, 11) is 0. The fourth-order valence-electron chi connectivity index (χ4n) is 3.08. The number of benzene rings is 1. The zero-order valence-electron chi connectivity index (χ0n) is 15.1. The van der Waals surface area contributed by atoms with Crippen LogP contribution in [0.2, 0.25) is 0 Å². The Balaban J connectivity index is 1.66. The Morgan fingerprint density at radius 1 is 1.27 bits per heavy atom. The average molecular weight is 347 g/mol. The fraction of sp³-hybridized carbons (Fsp3) is 0.238. The van der Waals surface area contributed by atoms with Crippen LogP contribution in [0.25, 0.3) is 0 Å². The minimum Gasteiger partial charge on any atom is -0.494 e. The molecule has 1 unspecified atom stereocenters. The van der Waals surface area contributed by atoms with Gasteiger partial charge in [-0.05, 0) is 30.5 Å². The lowest BCUT2D eigenvalue weighted by Gasteiger charge is -2.26. The highest BCUT2D eigenvalue weighted by molar-refractivity contribution is 6.01. The summed E-state index contributed by atoms with van der Waals surface area (Å²) in [5.41, 5.74) is 3.79. The molecule has 0 amide bonds. The van der Waals surface area contributed by atoms with Crippen LogP contribution in [-0.2, 0) is 0 Å². The van der Waals surface area contributed by atoms with E-state index >= 15 is 0 Å². The number of nitrogens with two attached hydrogens (primary N) is 1. The molecule has 0 bridgehead atoms. The van der Waals surface area contributed by atoms with Crippen molar-refractivity contribution < 1.29 is 9.33 Å². The van der Waals surface area contributed by atoms with Gasteiger partial charge in [0, 0.05) is 5.57 Å². The first kappa shape index (κ1) is 16.7. The van der Waals surface area contributed by atoms with Crippen LogP contribution in [-0.4, -0.2) is 23.2 Å². The normalized spacial score (nSPS) is 23.1. The van der Waals surface area contributed by atoms with Gasteiger partial charge in [0.1, 0.15) is 17.6 Å². The summed E-state index contributed by atoms with van der Waals surface area (Å²) in [6, 6.07) is 7.99. The van der Waals surface area contributed by atoms with E-state index in [9.17, 15) is 0 Å². The van der Waals surface area contributed by atoms with Crippen LogP contribution in [0, 0.1) is 5.92 Å². The molecule has 0 saturated heterocycles.